The number of ether oxygens (including phenoxy) is 1. The maximum absolute atomic E-state index is 14.8. The van der Waals surface area contributed by atoms with E-state index in [4.69, 9.17) is 4.74 Å². The molecule has 3 rings (SSSR count). The average Bonchev–Trinajstić information content (AvgIpc) is 2.62. The largest absolute Gasteiger partial charge is 0.372 e. The second-order valence-electron chi connectivity index (χ2n) is 6.26. The third-order valence-corrected chi connectivity index (χ3v) is 4.08. The highest BCUT2D eigenvalue weighted by Crippen LogP contribution is 2.30. The third kappa shape index (κ3) is 3.73. The fourth-order valence-electron chi connectivity index (χ4n) is 3.07. The summed E-state index contributed by atoms with van der Waals surface area (Å²) in [4.78, 5) is 17.1. The summed E-state index contributed by atoms with van der Waals surface area (Å²) < 4.78 is 35.0. The van der Waals surface area contributed by atoms with E-state index in [9.17, 15) is 13.6 Å². The summed E-state index contributed by atoms with van der Waals surface area (Å²) in [6.07, 6.45) is 3.34. The minimum absolute atomic E-state index is 0.0357. The van der Waals surface area contributed by atoms with Gasteiger partial charge in [0.15, 0.2) is 17.9 Å². The van der Waals surface area contributed by atoms with Crippen LogP contribution in [0.25, 0.3) is 0 Å². The number of aldehydes is 1. The van der Waals surface area contributed by atoms with Gasteiger partial charge < -0.3 is 9.64 Å². The molecule has 134 valence electrons. The van der Waals surface area contributed by atoms with Gasteiger partial charge in [0, 0.05) is 36.6 Å². The molecule has 6 heteroatoms. The maximum Gasteiger partial charge on any atom is 0.184 e. The molecule has 1 saturated heterocycles. The number of aromatic nitrogens is 1. The highest BCUT2D eigenvalue weighted by molar-refractivity contribution is 5.86. The predicted octanol–water partition coefficient (Wildman–Crippen LogP) is 3.19. The molecule has 0 amide bonds. The molecule has 0 saturated carbocycles. The number of anilines is 1. The van der Waals surface area contributed by atoms with E-state index in [1.165, 1.54) is 12.3 Å². The molecule has 2 atom stereocenters. The standard InChI is InChI=1S/C20H18F2N2O2/c1-13-10-24(11-14(2)26-13)20-17(12-25)8-16(18(21)19(20)22)6-5-15-4-3-7-23-9-15/h3-4,7-9,12-14H,10-11H2,1-2H3. The van der Waals surface area contributed by atoms with Crippen molar-refractivity contribution in [1.29, 1.82) is 0 Å². The van der Waals surface area contributed by atoms with E-state index in [2.05, 4.69) is 16.8 Å². The Balaban J connectivity index is 2.02. The molecule has 0 radical (unpaired) electrons. The van der Waals surface area contributed by atoms with Gasteiger partial charge in [0.1, 0.15) is 0 Å². The molecule has 26 heavy (non-hydrogen) atoms. The lowest BCUT2D eigenvalue weighted by atomic mass is 10.0. The molecule has 4 nitrogen and oxygen atoms in total. The second-order valence-corrected chi connectivity index (χ2v) is 6.26. The number of carbonyl (C=O) groups is 1. The molecular weight excluding hydrogens is 338 g/mol. The normalized spacial score (nSPS) is 19.6. The number of carbonyl (C=O) groups excluding carboxylic acids is 1. The molecule has 1 aromatic heterocycles. The number of nitrogens with zero attached hydrogens (tertiary/aromatic N) is 2. The summed E-state index contributed by atoms with van der Waals surface area (Å²) in [6.45, 7) is 4.46. The van der Waals surface area contributed by atoms with Gasteiger partial charge in [-0.05, 0) is 32.0 Å². The molecule has 1 aliphatic heterocycles. The minimum Gasteiger partial charge on any atom is -0.372 e. The first-order chi connectivity index (χ1) is 12.5. The topological polar surface area (TPSA) is 42.4 Å². The molecule has 2 aromatic rings. The molecule has 1 fully saturated rings. The fourth-order valence-corrected chi connectivity index (χ4v) is 3.07. The van der Waals surface area contributed by atoms with Crippen LogP contribution < -0.4 is 4.90 Å². The number of hydrogen-bond acceptors (Lipinski definition) is 4. The Morgan fingerprint density at radius 1 is 1.23 bits per heavy atom. The summed E-state index contributed by atoms with van der Waals surface area (Å²) in [5.74, 6) is 3.19. The first kappa shape index (κ1) is 18.0. The van der Waals surface area contributed by atoms with Crippen molar-refractivity contribution in [1.82, 2.24) is 4.98 Å². The van der Waals surface area contributed by atoms with Gasteiger partial charge in [-0.15, -0.1) is 0 Å². The Morgan fingerprint density at radius 2 is 1.96 bits per heavy atom. The van der Waals surface area contributed by atoms with E-state index in [1.807, 2.05) is 13.8 Å². The van der Waals surface area contributed by atoms with Crippen LogP contribution in [0, 0.1) is 23.5 Å². The van der Waals surface area contributed by atoms with Crippen LogP contribution in [0.2, 0.25) is 0 Å². The quantitative estimate of drug-likeness (QED) is 0.612. The van der Waals surface area contributed by atoms with E-state index >= 15 is 0 Å². The van der Waals surface area contributed by atoms with Crippen molar-refractivity contribution in [3.8, 4) is 11.8 Å². The number of rotatable bonds is 2. The molecule has 0 spiro atoms. The summed E-state index contributed by atoms with van der Waals surface area (Å²) >= 11 is 0. The molecule has 0 aliphatic carbocycles. The Hall–Kier alpha value is -2.78. The molecule has 2 heterocycles. The van der Waals surface area contributed by atoms with Gasteiger partial charge in [-0.3, -0.25) is 9.78 Å². The summed E-state index contributed by atoms with van der Waals surface area (Å²) in [7, 11) is 0. The molecular formula is C20H18F2N2O2. The Kier molecular flexibility index (Phi) is 5.29. The van der Waals surface area contributed by atoms with Crippen LogP contribution in [0.3, 0.4) is 0 Å². The lowest BCUT2D eigenvalue weighted by Gasteiger charge is -2.37. The molecule has 2 unspecified atom stereocenters. The highest BCUT2D eigenvalue weighted by Gasteiger charge is 2.28. The minimum atomic E-state index is -1.06. The average molecular weight is 356 g/mol. The van der Waals surface area contributed by atoms with Crippen LogP contribution in [0.15, 0.2) is 30.6 Å². The van der Waals surface area contributed by atoms with Crippen LogP contribution in [0.5, 0.6) is 0 Å². The number of benzene rings is 1. The SMILES string of the molecule is CC1CN(c2c(C=O)cc(C#Cc3cccnc3)c(F)c2F)CC(C)O1. The zero-order chi connectivity index (χ0) is 18.7. The molecule has 1 aliphatic rings. The van der Waals surface area contributed by atoms with Crippen molar-refractivity contribution in [2.45, 2.75) is 26.1 Å². The van der Waals surface area contributed by atoms with Crippen molar-refractivity contribution in [2.24, 2.45) is 0 Å². The van der Waals surface area contributed by atoms with Gasteiger partial charge >= 0.3 is 0 Å². The van der Waals surface area contributed by atoms with Crippen LogP contribution in [-0.2, 0) is 4.74 Å². The van der Waals surface area contributed by atoms with Crippen LogP contribution >= 0.6 is 0 Å². The third-order valence-electron chi connectivity index (χ3n) is 4.08. The molecule has 1 aromatic carbocycles. The first-order valence-corrected chi connectivity index (χ1v) is 8.29. The fraction of sp³-hybridized carbons (Fsp3) is 0.300. The van der Waals surface area contributed by atoms with E-state index in [0.717, 1.165) is 0 Å². The Labute approximate surface area is 150 Å². The van der Waals surface area contributed by atoms with Crippen molar-refractivity contribution in [3.63, 3.8) is 0 Å². The summed E-state index contributed by atoms with van der Waals surface area (Å²) in [5.41, 5.74) is 0.443. The summed E-state index contributed by atoms with van der Waals surface area (Å²) in [5, 5.41) is 0. The van der Waals surface area contributed by atoms with Crippen LogP contribution in [0.1, 0.15) is 35.3 Å². The zero-order valence-corrected chi connectivity index (χ0v) is 14.5. The predicted molar refractivity (Wildman–Crippen MR) is 94.2 cm³/mol. The smallest absolute Gasteiger partial charge is 0.184 e. The second kappa shape index (κ2) is 7.63. The zero-order valence-electron chi connectivity index (χ0n) is 14.5. The number of hydrogen-bond donors (Lipinski definition) is 0. The molecule has 0 bridgehead atoms. The Bertz CT molecular complexity index is 865. The monoisotopic (exact) mass is 356 g/mol. The van der Waals surface area contributed by atoms with Crippen LogP contribution in [-0.4, -0.2) is 36.6 Å². The lowest BCUT2D eigenvalue weighted by molar-refractivity contribution is -0.00547. The highest BCUT2D eigenvalue weighted by atomic mass is 19.2. The van der Waals surface area contributed by atoms with Crippen molar-refractivity contribution < 1.29 is 18.3 Å². The van der Waals surface area contributed by atoms with E-state index in [1.54, 1.807) is 23.2 Å². The summed E-state index contributed by atoms with van der Waals surface area (Å²) in [6, 6.07) is 4.69. The van der Waals surface area contributed by atoms with Gasteiger partial charge in [0.05, 0.1) is 23.5 Å². The van der Waals surface area contributed by atoms with Gasteiger partial charge in [0.25, 0.3) is 0 Å². The maximum atomic E-state index is 14.8. The van der Waals surface area contributed by atoms with E-state index in [0.29, 0.717) is 24.9 Å². The molecule has 0 N–H and O–H groups in total. The first-order valence-electron chi connectivity index (χ1n) is 8.29. The van der Waals surface area contributed by atoms with Crippen LogP contribution in [0.4, 0.5) is 14.5 Å². The van der Waals surface area contributed by atoms with Gasteiger partial charge in [-0.1, -0.05) is 11.8 Å². The van der Waals surface area contributed by atoms with Gasteiger partial charge in [-0.2, -0.15) is 0 Å². The number of halogens is 2. The van der Waals surface area contributed by atoms with E-state index < -0.39 is 11.6 Å². The van der Waals surface area contributed by atoms with Crippen molar-refractivity contribution in [2.75, 3.05) is 18.0 Å². The van der Waals surface area contributed by atoms with Crippen molar-refractivity contribution >= 4 is 12.0 Å². The van der Waals surface area contributed by atoms with Crippen molar-refractivity contribution in [3.05, 3.63) is 58.9 Å². The number of morpholine rings is 1. The van der Waals surface area contributed by atoms with Gasteiger partial charge in [0.2, 0.25) is 0 Å². The van der Waals surface area contributed by atoms with E-state index in [-0.39, 0.29) is 29.0 Å². The number of pyridine rings is 1. The lowest BCUT2D eigenvalue weighted by Crippen LogP contribution is -2.46. The Morgan fingerprint density at radius 3 is 2.58 bits per heavy atom. The van der Waals surface area contributed by atoms with Gasteiger partial charge in [-0.25, -0.2) is 8.78 Å².